The van der Waals surface area contributed by atoms with Crippen LogP contribution in [0.4, 0.5) is 15.8 Å². The van der Waals surface area contributed by atoms with Gasteiger partial charge in [0, 0.05) is 24.3 Å². The summed E-state index contributed by atoms with van der Waals surface area (Å²) in [5.41, 5.74) is 3.91. The molecule has 22 heavy (non-hydrogen) atoms. The lowest BCUT2D eigenvalue weighted by molar-refractivity contribution is -0.115. The van der Waals surface area contributed by atoms with E-state index in [-0.39, 0.29) is 10.9 Å². The largest absolute Gasteiger partial charge is 0.385 e. The van der Waals surface area contributed by atoms with Crippen molar-refractivity contribution in [2.45, 2.75) is 20.3 Å². The van der Waals surface area contributed by atoms with Crippen LogP contribution >= 0.6 is 11.6 Å². The number of halogens is 2. The standard InChI is InChI=1S/C17H18ClFN2O/c1-11-3-4-13(9-12(11)2)20-8-7-17(22)21-14-5-6-16(19)15(18)10-14/h3-6,9-10,20H,7-8H2,1-2H3,(H,21,22). The van der Waals surface area contributed by atoms with Gasteiger partial charge in [-0.1, -0.05) is 17.7 Å². The number of carbonyl (C=O) groups excluding carboxylic acids is 1. The monoisotopic (exact) mass is 320 g/mol. The second-order valence-corrected chi connectivity index (χ2v) is 5.56. The number of rotatable bonds is 5. The van der Waals surface area contributed by atoms with Crippen LogP contribution in [0.3, 0.4) is 0 Å². The molecule has 0 spiro atoms. The highest BCUT2D eigenvalue weighted by Gasteiger charge is 2.05. The molecule has 5 heteroatoms. The third-order valence-electron chi connectivity index (χ3n) is 3.39. The van der Waals surface area contributed by atoms with Gasteiger partial charge in [0.2, 0.25) is 5.91 Å². The van der Waals surface area contributed by atoms with Gasteiger partial charge in [0.05, 0.1) is 5.02 Å². The Morgan fingerprint density at radius 3 is 2.50 bits per heavy atom. The van der Waals surface area contributed by atoms with Crippen LogP contribution in [-0.2, 0) is 4.79 Å². The fourth-order valence-corrected chi connectivity index (χ4v) is 2.15. The van der Waals surface area contributed by atoms with Crippen LogP contribution in [0, 0.1) is 19.7 Å². The Bertz CT molecular complexity index is 688. The number of benzene rings is 2. The van der Waals surface area contributed by atoms with Crippen LogP contribution in [0.5, 0.6) is 0 Å². The van der Waals surface area contributed by atoms with Crippen molar-refractivity contribution in [3.63, 3.8) is 0 Å². The van der Waals surface area contributed by atoms with E-state index < -0.39 is 5.82 Å². The first-order valence-corrected chi connectivity index (χ1v) is 7.39. The molecular formula is C17H18ClFN2O. The Kier molecular flexibility index (Phi) is 5.39. The molecular weight excluding hydrogens is 303 g/mol. The van der Waals surface area contributed by atoms with Crippen molar-refractivity contribution in [1.29, 1.82) is 0 Å². The Hall–Kier alpha value is -2.07. The van der Waals surface area contributed by atoms with Gasteiger partial charge in [0.15, 0.2) is 0 Å². The summed E-state index contributed by atoms with van der Waals surface area (Å²) < 4.78 is 13.0. The van der Waals surface area contributed by atoms with E-state index in [0.717, 1.165) is 5.69 Å². The summed E-state index contributed by atoms with van der Waals surface area (Å²) in [5, 5.41) is 5.88. The van der Waals surface area contributed by atoms with E-state index in [1.165, 1.54) is 29.3 Å². The van der Waals surface area contributed by atoms with E-state index in [1.54, 1.807) is 0 Å². The molecule has 0 aliphatic heterocycles. The first kappa shape index (κ1) is 16.3. The molecule has 2 aromatic carbocycles. The first-order valence-electron chi connectivity index (χ1n) is 7.02. The molecule has 2 aromatic rings. The summed E-state index contributed by atoms with van der Waals surface area (Å²) in [5.74, 6) is -0.657. The quantitative estimate of drug-likeness (QED) is 0.849. The van der Waals surface area contributed by atoms with Crippen molar-refractivity contribution in [1.82, 2.24) is 0 Å². The van der Waals surface area contributed by atoms with Crippen LogP contribution in [-0.4, -0.2) is 12.5 Å². The minimum absolute atomic E-state index is 0.00828. The molecule has 2 rings (SSSR count). The molecule has 0 bridgehead atoms. The van der Waals surface area contributed by atoms with Crippen LogP contribution < -0.4 is 10.6 Å². The number of hydrogen-bond acceptors (Lipinski definition) is 2. The van der Waals surface area contributed by atoms with Crippen LogP contribution in [0.1, 0.15) is 17.5 Å². The molecule has 0 unspecified atom stereocenters. The van der Waals surface area contributed by atoms with Gasteiger partial charge in [-0.3, -0.25) is 4.79 Å². The van der Waals surface area contributed by atoms with Crippen molar-refractivity contribution in [2.24, 2.45) is 0 Å². The third kappa shape index (κ3) is 4.46. The zero-order valence-corrected chi connectivity index (χ0v) is 13.3. The molecule has 0 fully saturated rings. The molecule has 0 radical (unpaired) electrons. The summed E-state index contributed by atoms with van der Waals surface area (Å²) >= 11 is 5.67. The minimum atomic E-state index is -0.504. The Labute approximate surface area is 134 Å². The van der Waals surface area contributed by atoms with Gasteiger partial charge in [-0.2, -0.15) is 0 Å². The van der Waals surface area contributed by atoms with Crippen LogP contribution in [0.15, 0.2) is 36.4 Å². The smallest absolute Gasteiger partial charge is 0.226 e. The van der Waals surface area contributed by atoms with E-state index >= 15 is 0 Å². The predicted molar refractivity (Wildman–Crippen MR) is 89.1 cm³/mol. The van der Waals surface area contributed by atoms with E-state index in [0.29, 0.717) is 18.7 Å². The second-order valence-electron chi connectivity index (χ2n) is 5.15. The maximum absolute atomic E-state index is 13.0. The molecule has 0 saturated heterocycles. The van der Waals surface area contributed by atoms with Gasteiger partial charge in [0.1, 0.15) is 5.82 Å². The molecule has 2 N–H and O–H groups in total. The van der Waals surface area contributed by atoms with Crippen molar-refractivity contribution in [3.05, 3.63) is 58.4 Å². The highest BCUT2D eigenvalue weighted by atomic mass is 35.5. The van der Waals surface area contributed by atoms with Crippen molar-refractivity contribution in [3.8, 4) is 0 Å². The minimum Gasteiger partial charge on any atom is -0.385 e. The van der Waals surface area contributed by atoms with E-state index in [4.69, 9.17) is 11.6 Å². The molecule has 3 nitrogen and oxygen atoms in total. The van der Waals surface area contributed by atoms with Crippen LogP contribution in [0.25, 0.3) is 0 Å². The number of hydrogen-bond donors (Lipinski definition) is 2. The van der Waals surface area contributed by atoms with Gasteiger partial charge in [-0.15, -0.1) is 0 Å². The SMILES string of the molecule is Cc1ccc(NCCC(=O)Nc2ccc(F)c(Cl)c2)cc1C. The number of nitrogens with one attached hydrogen (secondary N) is 2. The second kappa shape index (κ2) is 7.27. The maximum atomic E-state index is 13.0. The summed E-state index contributed by atoms with van der Waals surface area (Å²) in [6.07, 6.45) is 0.307. The van der Waals surface area contributed by atoms with Crippen molar-refractivity contribution >= 4 is 28.9 Å². The summed E-state index contributed by atoms with van der Waals surface area (Å²) in [4.78, 5) is 11.8. The number of anilines is 2. The average molecular weight is 321 g/mol. The first-order chi connectivity index (χ1) is 10.5. The fourth-order valence-electron chi connectivity index (χ4n) is 1.97. The summed E-state index contributed by atoms with van der Waals surface area (Å²) in [7, 11) is 0. The molecule has 0 aromatic heterocycles. The van der Waals surface area contributed by atoms with Gasteiger partial charge in [-0.25, -0.2) is 4.39 Å². The molecule has 1 amide bonds. The van der Waals surface area contributed by atoms with Crippen molar-refractivity contribution in [2.75, 3.05) is 17.2 Å². The van der Waals surface area contributed by atoms with E-state index in [1.807, 2.05) is 25.1 Å². The highest BCUT2D eigenvalue weighted by Crippen LogP contribution is 2.19. The lowest BCUT2D eigenvalue weighted by Crippen LogP contribution is -2.16. The van der Waals surface area contributed by atoms with Gasteiger partial charge in [-0.05, 0) is 55.3 Å². The van der Waals surface area contributed by atoms with Crippen LogP contribution in [0.2, 0.25) is 5.02 Å². The third-order valence-corrected chi connectivity index (χ3v) is 3.68. The normalized spacial score (nSPS) is 10.4. The summed E-state index contributed by atoms with van der Waals surface area (Å²) in [6.45, 7) is 4.62. The molecule has 0 aliphatic carbocycles. The predicted octanol–water partition coefficient (Wildman–Crippen LogP) is 4.54. The molecule has 116 valence electrons. The molecule has 0 aliphatic rings. The zero-order valence-electron chi connectivity index (χ0n) is 12.5. The zero-order chi connectivity index (χ0) is 16.1. The highest BCUT2D eigenvalue weighted by molar-refractivity contribution is 6.31. The summed E-state index contributed by atoms with van der Waals surface area (Å²) in [6, 6.07) is 10.2. The Morgan fingerprint density at radius 1 is 1.09 bits per heavy atom. The van der Waals surface area contributed by atoms with Gasteiger partial charge < -0.3 is 10.6 Å². The number of carbonyl (C=O) groups is 1. The molecule has 0 saturated carbocycles. The Balaban J connectivity index is 1.82. The van der Waals surface area contributed by atoms with Crippen molar-refractivity contribution < 1.29 is 9.18 Å². The fraction of sp³-hybridized carbons (Fsp3) is 0.235. The molecule has 0 heterocycles. The lowest BCUT2D eigenvalue weighted by Gasteiger charge is -2.09. The average Bonchev–Trinajstić information content (AvgIpc) is 2.47. The maximum Gasteiger partial charge on any atom is 0.226 e. The topological polar surface area (TPSA) is 41.1 Å². The van der Waals surface area contributed by atoms with E-state index in [9.17, 15) is 9.18 Å². The van der Waals surface area contributed by atoms with Gasteiger partial charge >= 0.3 is 0 Å². The molecule has 0 atom stereocenters. The van der Waals surface area contributed by atoms with E-state index in [2.05, 4.69) is 17.6 Å². The number of aryl methyl sites for hydroxylation is 2. The van der Waals surface area contributed by atoms with Gasteiger partial charge in [0.25, 0.3) is 0 Å². The number of amides is 1. The Morgan fingerprint density at radius 2 is 1.82 bits per heavy atom. The lowest BCUT2D eigenvalue weighted by atomic mass is 10.1.